The van der Waals surface area contributed by atoms with Crippen molar-refractivity contribution < 1.29 is 23.8 Å². The molecule has 7 heteroatoms. The van der Waals surface area contributed by atoms with Crippen molar-refractivity contribution in [2.45, 2.75) is 26.4 Å². The second-order valence-electron chi connectivity index (χ2n) is 6.32. The lowest BCUT2D eigenvalue weighted by molar-refractivity contribution is -0.123. The van der Waals surface area contributed by atoms with Gasteiger partial charge in [-0.3, -0.25) is 9.59 Å². The third-order valence-electron chi connectivity index (χ3n) is 3.66. The van der Waals surface area contributed by atoms with E-state index in [4.69, 9.17) is 14.2 Å². The zero-order valence-electron chi connectivity index (χ0n) is 15.3. The first kappa shape index (κ1) is 18.6. The van der Waals surface area contributed by atoms with Crippen LogP contribution in [0.15, 0.2) is 42.5 Å². The van der Waals surface area contributed by atoms with Gasteiger partial charge in [-0.1, -0.05) is 0 Å². The third-order valence-corrected chi connectivity index (χ3v) is 3.66. The van der Waals surface area contributed by atoms with Gasteiger partial charge in [0.1, 0.15) is 25.4 Å². The molecule has 2 aromatic rings. The maximum atomic E-state index is 12.1. The van der Waals surface area contributed by atoms with Gasteiger partial charge in [0, 0.05) is 17.4 Å². The molecule has 2 aromatic carbocycles. The van der Waals surface area contributed by atoms with E-state index in [-0.39, 0.29) is 12.5 Å². The Morgan fingerprint density at radius 3 is 2.19 bits per heavy atom. The molecule has 0 aliphatic carbocycles. The maximum absolute atomic E-state index is 12.1. The Kier molecular flexibility index (Phi) is 5.80. The number of anilines is 2. The fourth-order valence-corrected chi connectivity index (χ4v) is 2.57. The van der Waals surface area contributed by atoms with Crippen molar-refractivity contribution in [3.05, 3.63) is 42.5 Å². The van der Waals surface area contributed by atoms with Crippen molar-refractivity contribution in [1.29, 1.82) is 0 Å². The molecule has 1 heterocycles. The molecule has 27 heavy (non-hydrogen) atoms. The van der Waals surface area contributed by atoms with Gasteiger partial charge in [0.15, 0.2) is 11.5 Å². The molecule has 142 valence electrons. The van der Waals surface area contributed by atoms with Crippen LogP contribution in [0.5, 0.6) is 17.2 Å². The smallest absolute Gasteiger partial charge is 0.233 e. The van der Waals surface area contributed by atoms with Crippen LogP contribution in [0.2, 0.25) is 0 Å². The molecule has 0 atom stereocenters. The van der Waals surface area contributed by atoms with Gasteiger partial charge in [-0.2, -0.15) is 0 Å². The van der Waals surface area contributed by atoms with Crippen LogP contribution in [0.25, 0.3) is 0 Å². The molecule has 7 nitrogen and oxygen atoms in total. The van der Waals surface area contributed by atoms with Crippen LogP contribution in [0.4, 0.5) is 11.4 Å². The first-order valence-corrected chi connectivity index (χ1v) is 8.75. The molecule has 2 amide bonds. The lowest BCUT2D eigenvalue weighted by Gasteiger charge is -2.19. The van der Waals surface area contributed by atoms with Gasteiger partial charge in [-0.05, 0) is 50.2 Å². The van der Waals surface area contributed by atoms with Crippen LogP contribution in [0.3, 0.4) is 0 Å². The highest BCUT2D eigenvalue weighted by Crippen LogP contribution is 2.32. The number of rotatable bonds is 6. The Morgan fingerprint density at radius 1 is 0.926 bits per heavy atom. The van der Waals surface area contributed by atoms with Crippen LogP contribution in [0, 0.1) is 0 Å². The fraction of sp³-hybridized carbons (Fsp3) is 0.300. The molecule has 0 radical (unpaired) electrons. The third kappa shape index (κ3) is 5.37. The van der Waals surface area contributed by atoms with Gasteiger partial charge in [0.2, 0.25) is 11.8 Å². The lowest BCUT2D eigenvalue weighted by atomic mass is 10.2. The molecule has 1 aliphatic rings. The standard InChI is InChI=1S/C20H22N2O5/c1-13(2)27-16-6-3-14(4-7-16)21-19(23)12-20(24)22-15-5-8-17-18(11-15)26-10-9-25-17/h3-8,11,13H,9-10,12H2,1-2H3,(H,21,23)(H,22,24). The summed E-state index contributed by atoms with van der Waals surface area (Å²) < 4.78 is 16.5. The van der Waals surface area contributed by atoms with Gasteiger partial charge in [0.25, 0.3) is 0 Å². The number of carbonyl (C=O) groups excluding carboxylic acids is 2. The van der Waals surface area contributed by atoms with Crippen molar-refractivity contribution in [3.63, 3.8) is 0 Å². The van der Waals surface area contributed by atoms with E-state index in [1.807, 2.05) is 13.8 Å². The highest BCUT2D eigenvalue weighted by atomic mass is 16.6. The zero-order chi connectivity index (χ0) is 19.2. The van der Waals surface area contributed by atoms with E-state index in [1.54, 1.807) is 42.5 Å². The number of nitrogens with one attached hydrogen (secondary N) is 2. The minimum absolute atomic E-state index is 0.0784. The average molecular weight is 370 g/mol. The Bertz CT molecular complexity index is 818. The molecule has 1 aliphatic heterocycles. The van der Waals surface area contributed by atoms with E-state index < -0.39 is 11.8 Å². The van der Waals surface area contributed by atoms with Gasteiger partial charge in [-0.15, -0.1) is 0 Å². The largest absolute Gasteiger partial charge is 0.491 e. The zero-order valence-corrected chi connectivity index (χ0v) is 15.3. The number of carbonyl (C=O) groups is 2. The van der Waals surface area contributed by atoms with Crippen LogP contribution in [-0.2, 0) is 9.59 Å². The number of amides is 2. The molecule has 0 saturated carbocycles. The van der Waals surface area contributed by atoms with Crippen LogP contribution >= 0.6 is 0 Å². The van der Waals surface area contributed by atoms with Gasteiger partial charge in [0.05, 0.1) is 6.10 Å². The molecular weight excluding hydrogens is 348 g/mol. The first-order valence-electron chi connectivity index (χ1n) is 8.75. The highest BCUT2D eigenvalue weighted by Gasteiger charge is 2.14. The number of benzene rings is 2. The summed E-state index contributed by atoms with van der Waals surface area (Å²) in [4.78, 5) is 24.2. The normalized spacial score (nSPS) is 12.4. The van der Waals surface area contributed by atoms with Crippen LogP contribution in [0.1, 0.15) is 20.3 Å². The second-order valence-corrected chi connectivity index (χ2v) is 6.32. The van der Waals surface area contributed by atoms with Gasteiger partial charge >= 0.3 is 0 Å². The minimum Gasteiger partial charge on any atom is -0.491 e. The number of fused-ring (bicyclic) bond motifs is 1. The molecule has 2 N–H and O–H groups in total. The molecule has 3 rings (SSSR count). The summed E-state index contributed by atoms with van der Waals surface area (Å²) >= 11 is 0. The molecule has 0 aromatic heterocycles. The number of hydrogen-bond donors (Lipinski definition) is 2. The fourth-order valence-electron chi connectivity index (χ4n) is 2.57. The van der Waals surface area contributed by atoms with E-state index in [0.717, 1.165) is 5.75 Å². The monoisotopic (exact) mass is 370 g/mol. The summed E-state index contributed by atoms with van der Waals surface area (Å²) in [5.74, 6) is 1.12. The summed E-state index contributed by atoms with van der Waals surface area (Å²) in [5.41, 5.74) is 1.15. The van der Waals surface area contributed by atoms with Gasteiger partial charge < -0.3 is 24.8 Å². The molecule has 0 bridgehead atoms. The summed E-state index contributed by atoms with van der Waals surface area (Å²) in [5, 5.41) is 5.37. The van der Waals surface area contributed by atoms with Crippen molar-refractivity contribution in [3.8, 4) is 17.2 Å². The predicted octanol–water partition coefficient (Wildman–Crippen LogP) is 3.21. The van der Waals surface area contributed by atoms with E-state index in [2.05, 4.69) is 10.6 Å². The lowest BCUT2D eigenvalue weighted by Crippen LogP contribution is -2.21. The maximum Gasteiger partial charge on any atom is 0.233 e. The van der Waals surface area contributed by atoms with Gasteiger partial charge in [-0.25, -0.2) is 0 Å². The Labute approximate surface area is 157 Å². The average Bonchev–Trinajstić information content (AvgIpc) is 2.62. The predicted molar refractivity (Wildman–Crippen MR) is 102 cm³/mol. The van der Waals surface area contributed by atoms with Crippen molar-refractivity contribution >= 4 is 23.2 Å². The van der Waals surface area contributed by atoms with E-state index >= 15 is 0 Å². The van der Waals surface area contributed by atoms with E-state index in [0.29, 0.717) is 36.1 Å². The Morgan fingerprint density at radius 2 is 1.52 bits per heavy atom. The molecule has 0 unspecified atom stereocenters. The molecule has 0 spiro atoms. The van der Waals surface area contributed by atoms with E-state index in [1.165, 1.54) is 0 Å². The Hall–Kier alpha value is -3.22. The summed E-state index contributed by atoms with van der Waals surface area (Å²) in [7, 11) is 0. The molecule has 0 saturated heterocycles. The first-order chi connectivity index (χ1) is 13.0. The highest BCUT2D eigenvalue weighted by molar-refractivity contribution is 6.08. The quantitative estimate of drug-likeness (QED) is 0.763. The van der Waals surface area contributed by atoms with Crippen molar-refractivity contribution in [2.24, 2.45) is 0 Å². The van der Waals surface area contributed by atoms with Crippen LogP contribution in [-0.4, -0.2) is 31.1 Å². The summed E-state index contributed by atoms with van der Waals surface area (Å²) in [6, 6.07) is 12.1. The molecular formula is C20H22N2O5. The summed E-state index contributed by atoms with van der Waals surface area (Å²) in [6.45, 7) is 4.85. The summed E-state index contributed by atoms with van der Waals surface area (Å²) in [6.07, 6.45) is -0.215. The van der Waals surface area contributed by atoms with Crippen molar-refractivity contribution in [1.82, 2.24) is 0 Å². The number of hydrogen-bond acceptors (Lipinski definition) is 5. The Balaban J connectivity index is 1.51. The molecule has 0 fully saturated rings. The second kappa shape index (κ2) is 8.44. The van der Waals surface area contributed by atoms with E-state index in [9.17, 15) is 9.59 Å². The van der Waals surface area contributed by atoms with Crippen LogP contribution < -0.4 is 24.8 Å². The minimum atomic E-state index is -0.413. The van der Waals surface area contributed by atoms with Crippen molar-refractivity contribution in [2.75, 3.05) is 23.8 Å². The number of ether oxygens (including phenoxy) is 3. The SMILES string of the molecule is CC(C)Oc1ccc(NC(=O)CC(=O)Nc2ccc3c(c2)OCCO3)cc1. The topological polar surface area (TPSA) is 85.9 Å².